The highest BCUT2D eigenvalue weighted by Crippen LogP contribution is 2.33. The fourth-order valence-electron chi connectivity index (χ4n) is 1.23. The van der Waals surface area contributed by atoms with E-state index in [4.69, 9.17) is 10.6 Å². The molecule has 0 aliphatic carbocycles. The molecule has 8 heteroatoms. The average molecular weight is 221 g/mol. The number of aliphatic hydroxyl groups is 4. The van der Waals surface area contributed by atoms with Crippen molar-refractivity contribution in [1.82, 2.24) is 0 Å². The van der Waals surface area contributed by atoms with Gasteiger partial charge in [0.2, 0.25) is 0 Å². The summed E-state index contributed by atoms with van der Waals surface area (Å²) in [4.78, 5) is 2.51. The molecule has 0 amide bonds. The average Bonchev–Trinajstić information content (AvgIpc) is 2.19. The zero-order valence-electron chi connectivity index (χ0n) is 7.13. The summed E-state index contributed by atoms with van der Waals surface area (Å²) in [5.41, 5.74) is 8.17. The molecule has 1 aliphatic heterocycles. The molecule has 0 bridgehead atoms. The van der Waals surface area contributed by atoms with Gasteiger partial charge < -0.3 is 20.4 Å². The molecule has 1 fully saturated rings. The first kappa shape index (κ1) is 11.6. The van der Waals surface area contributed by atoms with E-state index in [9.17, 15) is 15.3 Å². The first-order valence-electron chi connectivity index (χ1n) is 3.96. The predicted molar refractivity (Wildman–Crippen MR) is 49.4 cm³/mol. The lowest BCUT2D eigenvalue weighted by atomic mass is 10.0. The number of nitrogens with zero attached hydrogens (tertiary/aromatic N) is 3. The van der Waals surface area contributed by atoms with Crippen LogP contribution >= 0.6 is 11.8 Å². The van der Waals surface area contributed by atoms with E-state index in [-0.39, 0.29) is 6.61 Å². The van der Waals surface area contributed by atoms with Crippen LogP contribution in [-0.4, -0.2) is 56.0 Å². The maximum atomic E-state index is 9.37. The molecule has 80 valence electrons. The Kier molecular flexibility index (Phi) is 3.99. The molecule has 4 N–H and O–H groups in total. The van der Waals surface area contributed by atoms with Crippen LogP contribution in [0.25, 0.3) is 10.4 Å². The van der Waals surface area contributed by atoms with Crippen LogP contribution in [0.3, 0.4) is 0 Å². The maximum absolute atomic E-state index is 9.37. The van der Waals surface area contributed by atoms with Gasteiger partial charge in [-0.15, -0.1) is 11.8 Å². The number of azide groups is 1. The molecule has 1 rings (SSSR count). The van der Waals surface area contributed by atoms with Gasteiger partial charge in [-0.05, 0) is 5.53 Å². The Bertz CT molecular complexity index is 245. The predicted octanol–water partition coefficient (Wildman–Crippen LogP) is -1.19. The monoisotopic (exact) mass is 221 g/mol. The van der Waals surface area contributed by atoms with E-state index in [1.807, 2.05) is 0 Å². The second-order valence-corrected chi connectivity index (χ2v) is 4.29. The van der Waals surface area contributed by atoms with Crippen molar-refractivity contribution in [3.05, 3.63) is 10.4 Å². The zero-order chi connectivity index (χ0) is 10.7. The van der Waals surface area contributed by atoms with Gasteiger partial charge >= 0.3 is 0 Å². The Morgan fingerprint density at radius 2 is 1.86 bits per heavy atom. The van der Waals surface area contributed by atoms with Crippen molar-refractivity contribution in [2.24, 2.45) is 5.11 Å². The Balaban J connectivity index is 2.77. The Labute approximate surface area is 84.0 Å². The third-order valence-electron chi connectivity index (χ3n) is 2.03. The highest BCUT2D eigenvalue weighted by Gasteiger charge is 2.42. The van der Waals surface area contributed by atoms with E-state index in [2.05, 4.69) is 10.0 Å². The first-order chi connectivity index (χ1) is 6.61. The van der Waals surface area contributed by atoms with Crippen LogP contribution in [0.2, 0.25) is 0 Å². The lowest BCUT2D eigenvalue weighted by Crippen LogP contribution is -2.53. The summed E-state index contributed by atoms with van der Waals surface area (Å²) >= 11 is 0.946. The molecule has 14 heavy (non-hydrogen) atoms. The summed E-state index contributed by atoms with van der Waals surface area (Å²) in [6, 6.07) is 0. The minimum absolute atomic E-state index is 0.354. The van der Waals surface area contributed by atoms with Crippen LogP contribution in [0.5, 0.6) is 0 Å². The molecular weight excluding hydrogens is 210 g/mol. The molecule has 1 aliphatic rings. The molecular formula is C6H11N3O4S. The van der Waals surface area contributed by atoms with Gasteiger partial charge in [-0.1, -0.05) is 5.11 Å². The van der Waals surface area contributed by atoms with E-state index in [0.717, 1.165) is 11.8 Å². The number of thioether (sulfide) groups is 1. The lowest BCUT2D eigenvalue weighted by molar-refractivity contribution is -0.0690. The summed E-state index contributed by atoms with van der Waals surface area (Å²) in [6.07, 6.45) is -3.93. The van der Waals surface area contributed by atoms with Crippen molar-refractivity contribution in [3.8, 4) is 0 Å². The van der Waals surface area contributed by atoms with Crippen LogP contribution < -0.4 is 0 Å². The summed E-state index contributed by atoms with van der Waals surface area (Å²) in [7, 11) is 0. The Hall–Kier alpha value is -0.500. The summed E-state index contributed by atoms with van der Waals surface area (Å²) in [6.45, 7) is -0.354. The van der Waals surface area contributed by atoms with Crippen LogP contribution in [0, 0.1) is 0 Å². The van der Waals surface area contributed by atoms with Crippen LogP contribution in [0.1, 0.15) is 0 Å². The summed E-state index contributed by atoms with van der Waals surface area (Å²) in [5.74, 6) is 0. The van der Waals surface area contributed by atoms with Gasteiger partial charge in [0, 0.05) is 4.91 Å². The minimum Gasteiger partial charge on any atom is -0.395 e. The number of hydrogen-bond donors (Lipinski definition) is 4. The third kappa shape index (κ3) is 2.11. The molecule has 0 aromatic rings. The van der Waals surface area contributed by atoms with E-state index >= 15 is 0 Å². The fraction of sp³-hybridized carbons (Fsp3) is 1.00. The van der Waals surface area contributed by atoms with Crippen molar-refractivity contribution in [2.75, 3.05) is 6.61 Å². The molecule has 0 unspecified atom stereocenters. The van der Waals surface area contributed by atoms with E-state index in [0.29, 0.717) is 0 Å². The van der Waals surface area contributed by atoms with Gasteiger partial charge in [0.1, 0.15) is 17.6 Å². The van der Waals surface area contributed by atoms with Gasteiger partial charge in [-0.25, -0.2) is 0 Å². The topological polar surface area (TPSA) is 130 Å². The van der Waals surface area contributed by atoms with Crippen molar-refractivity contribution >= 4 is 11.8 Å². The zero-order valence-corrected chi connectivity index (χ0v) is 7.95. The second kappa shape index (κ2) is 4.83. The Morgan fingerprint density at radius 1 is 1.21 bits per heavy atom. The van der Waals surface area contributed by atoms with Crippen LogP contribution in [0.15, 0.2) is 5.11 Å². The molecule has 0 aromatic carbocycles. The Morgan fingerprint density at radius 3 is 2.36 bits per heavy atom. The molecule has 0 saturated carbocycles. The molecule has 5 atom stereocenters. The SMILES string of the molecule is [N-]=[N+]=N[C@@H]1S[C@H](CO)[C@@H](O)[C@H](O)[C@H]1O. The van der Waals surface area contributed by atoms with E-state index in [1.165, 1.54) is 0 Å². The largest absolute Gasteiger partial charge is 0.395 e. The van der Waals surface area contributed by atoms with Gasteiger partial charge in [0.15, 0.2) is 0 Å². The smallest absolute Gasteiger partial charge is 0.112 e. The molecule has 0 spiro atoms. The maximum Gasteiger partial charge on any atom is 0.112 e. The van der Waals surface area contributed by atoms with Gasteiger partial charge in [-0.2, -0.15) is 0 Å². The van der Waals surface area contributed by atoms with Gasteiger partial charge in [-0.3, -0.25) is 0 Å². The van der Waals surface area contributed by atoms with E-state index in [1.54, 1.807) is 0 Å². The number of aliphatic hydroxyl groups excluding tert-OH is 4. The normalized spacial score (nSPS) is 43.0. The molecule has 1 heterocycles. The minimum atomic E-state index is -1.40. The van der Waals surface area contributed by atoms with Gasteiger partial charge in [0.25, 0.3) is 0 Å². The number of rotatable bonds is 2. The lowest BCUT2D eigenvalue weighted by Gasteiger charge is -2.37. The van der Waals surface area contributed by atoms with Crippen LogP contribution in [-0.2, 0) is 0 Å². The van der Waals surface area contributed by atoms with E-state index < -0.39 is 28.9 Å². The quantitative estimate of drug-likeness (QED) is 0.265. The summed E-state index contributed by atoms with van der Waals surface area (Å²) in [5, 5.41) is 38.7. The summed E-state index contributed by atoms with van der Waals surface area (Å²) < 4.78 is 0. The molecule has 1 saturated heterocycles. The van der Waals surface area contributed by atoms with Crippen molar-refractivity contribution < 1.29 is 20.4 Å². The molecule has 0 radical (unpaired) electrons. The molecule has 0 aromatic heterocycles. The second-order valence-electron chi connectivity index (χ2n) is 2.92. The number of hydrogen-bond acceptors (Lipinski definition) is 6. The highest BCUT2D eigenvalue weighted by atomic mass is 32.2. The van der Waals surface area contributed by atoms with Gasteiger partial charge in [0.05, 0.1) is 18.0 Å². The van der Waals surface area contributed by atoms with Crippen molar-refractivity contribution in [3.63, 3.8) is 0 Å². The van der Waals surface area contributed by atoms with Crippen LogP contribution in [0.4, 0.5) is 0 Å². The highest BCUT2D eigenvalue weighted by molar-refractivity contribution is 8.00. The molecule has 7 nitrogen and oxygen atoms in total. The third-order valence-corrected chi connectivity index (χ3v) is 3.46. The fourth-order valence-corrected chi connectivity index (χ4v) is 2.41. The standard InChI is InChI=1S/C6H11N3O4S/c7-9-8-6-5(13)4(12)3(11)2(1-10)14-6/h2-6,10-13H,1H2/t2-,3-,4+,5-,6-/m1/s1. The van der Waals surface area contributed by atoms with Crippen molar-refractivity contribution in [1.29, 1.82) is 0 Å². The first-order valence-corrected chi connectivity index (χ1v) is 4.90. The van der Waals surface area contributed by atoms with Crippen molar-refractivity contribution in [2.45, 2.75) is 28.9 Å².